The van der Waals surface area contributed by atoms with E-state index in [-0.39, 0.29) is 5.78 Å². The van der Waals surface area contributed by atoms with E-state index < -0.39 is 0 Å². The molecule has 0 N–H and O–H groups in total. The Morgan fingerprint density at radius 3 is 2.05 bits per heavy atom. The highest BCUT2D eigenvalue weighted by Crippen LogP contribution is 2.23. The number of benzene rings is 2. The normalized spacial score (nSPS) is 12.2. The van der Waals surface area contributed by atoms with E-state index in [1.165, 1.54) is 5.56 Å². The van der Waals surface area contributed by atoms with Gasteiger partial charge < -0.3 is 0 Å². The van der Waals surface area contributed by atoms with Crippen LogP contribution in [-0.2, 0) is 0 Å². The Labute approximate surface area is 136 Å². The number of carbonyl (C=O) groups excluding carboxylic acids is 1. The van der Waals surface area contributed by atoms with Crippen molar-refractivity contribution in [2.24, 2.45) is 0 Å². The summed E-state index contributed by atoms with van der Waals surface area (Å²) in [7, 11) is 0. The van der Waals surface area contributed by atoms with Gasteiger partial charge in [0.2, 0.25) is 0 Å². The van der Waals surface area contributed by atoms with Gasteiger partial charge in [0.15, 0.2) is 5.78 Å². The van der Waals surface area contributed by atoms with Crippen LogP contribution in [0.25, 0.3) is 0 Å². The predicted molar refractivity (Wildman–Crippen MR) is 90.4 cm³/mol. The van der Waals surface area contributed by atoms with E-state index >= 15 is 0 Å². The molecule has 0 aliphatic rings. The van der Waals surface area contributed by atoms with Gasteiger partial charge >= 0.3 is 0 Å². The molecule has 1 nitrogen and oxygen atoms in total. The summed E-state index contributed by atoms with van der Waals surface area (Å²) in [4.78, 5) is 12.5. The van der Waals surface area contributed by atoms with Gasteiger partial charge in [-0.15, -0.1) is 0 Å². The largest absolute Gasteiger partial charge is 0.289 e. The number of hydrogen-bond donors (Lipinski definition) is 0. The molecule has 0 spiro atoms. The molecule has 0 fully saturated rings. The fraction of sp³-hybridized carbons (Fsp3) is 0.235. The van der Waals surface area contributed by atoms with Gasteiger partial charge in [-0.05, 0) is 36.1 Å². The first-order valence-electron chi connectivity index (χ1n) is 6.62. The molecule has 0 saturated heterocycles. The van der Waals surface area contributed by atoms with E-state index in [1.807, 2.05) is 30.3 Å². The maximum atomic E-state index is 12.5. The molecule has 2 rings (SSSR count). The molecule has 0 aliphatic heterocycles. The zero-order chi connectivity index (χ0) is 14.7. The molecule has 0 amide bonds. The molecule has 1 unspecified atom stereocenters. The molecular formula is C17H16Br2O. The summed E-state index contributed by atoms with van der Waals surface area (Å²) in [5.41, 5.74) is 2.68. The minimum absolute atomic E-state index is 0.0442. The van der Waals surface area contributed by atoms with E-state index in [1.54, 1.807) is 0 Å². The number of rotatable bonds is 4. The van der Waals surface area contributed by atoms with Gasteiger partial charge in [-0.2, -0.15) is 0 Å². The van der Waals surface area contributed by atoms with Crippen molar-refractivity contribution in [2.75, 3.05) is 0 Å². The van der Waals surface area contributed by atoms with Crippen LogP contribution in [0.15, 0.2) is 51.4 Å². The zero-order valence-corrected chi connectivity index (χ0v) is 14.7. The summed E-state index contributed by atoms with van der Waals surface area (Å²) in [6, 6.07) is 13.5. The smallest absolute Gasteiger partial charge is 0.193 e. The van der Waals surface area contributed by atoms with Gasteiger partial charge in [0.1, 0.15) is 0 Å². The van der Waals surface area contributed by atoms with Crippen LogP contribution in [0.5, 0.6) is 0 Å². The van der Waals surface area contributed by atoms with Gasteiger partial charge in [-0.25, -0.2) is 0 Å². The first-order valence-corrected chi connectivity index (χ1v) is 8.20. The Balaban J connectivity index is 2.29. The summed E-state index contributed by atoms with van der Waals surface area (Å²) < 4.78 is 1.79. The van der Waals surface area contributed by atoms with Crippen molar-refractivity contribution in [1.29, 1.82) is 0 Å². The summed E-state index contributed by atoms with van der Waals surface area (Å²) >= 11 is 6.82. The predicted octanol–water partition coefficient (Wildman–Crippen LogP) is 5.96. The SMILES string of the molecule is CCC(C)c1ccc(C(=O)c2cc(Br)cc(Br)c2)cc1. The fourth-order valence-corrected chi connectivity index (χ4v) is 3.34. The Morgan fingerprint density at radius 1 is 1.00 bits per heavy atom. The van der Waals surface area contributed by atoms with Crippen molar-refractivity contribution < 1.29 is 4.79 Å². The topological polar surface area (TPSA) is 17.1 Å². The molecule has 0 radical (unpaired) electrons. The minimum Gasteiger partial charge on any atom is -0.289 e. The van der Waals surface area contributed by atoms with Crippen molar-refractivity contribution >= 4 is 37.6 Å². The van der Waals surface area contributed by atoms with Crippen molar-refractivity contribution in [1.82, 2.24) is 0 Å². The van der Waals surface area contributed by atoms with Crippen LogP contribution in [0.2, 0.25) is 0 Å². The molecule has 0 aliphatic carbocycles. The molecule has 0 saturated carbocycles. The van der Waals surface area contributed by atoms with E-state index in [0.29, 0.717) is 11.5 Å². The molecule has 2 aromatic rings. The highest BCUT2D eigenvalue weighted by atomic mass is 79.9. The third kappa shape index (κ3) is 3.58. The van der Waals surface area contributed by atoms with E-state index in [2.05, 4.69) is 57.8 Å². The molecule has 1 atom stereocenters. The molecule has 20 heavy (non-hydrogen) atoms. The maximum Gasteiger partial charge on any atom is 0.193 e. The summed E-state index contributed by atoms with van der Waals surface area (Å²) in [5.74, 6) is 0.571. The summed E-state index contributed by atoms with van der Waals surface area (Å²) in [5, 5.41) is 0. The van der Waals surface area contributed by atoms with Gasteiger partial charge in [-0.3, -0.25) is 4.79 Å². The van der Waals surface area contributed by atoms with Crippen molar-refractivity contribution in [3.05, 3.63) is 68.1 Å². The average Bonchev–Trinajstić information content (AvgIpc) is 2.45. The van der Waals surface area contributed by atoms with Crippen LogP contribution in [0, 0.1) is 0 Å². The Kier molecular flexibility index (Phi) is 5.17. The minimum atomic E-state index is 0.0442. The average molecular weight is 396 g/mol. The van der Waals surface area contributed by atoms with Crippen LogP contribution in [0.4, 0.5) is 0 Å². The standard InChI is InChI=1S/C17H16Br2O/c1-3-11(2)12-4-6-13(7-5-12)17(20)14-8-15(18)10-16(19)9-14/h4-11H,3H2,1-2H3. The summed E-state index contributed by atoms with van der Waals surface area (Å²) in [6.45, 7) is 4.37. The quantitative estimate of drug-likeness (QED) is 0.584. The molecule has 0 heterocycles. The number of carbonyl (C=O) groups is 1. The second-order valence-corrected chi connectivity index (χ2v) is 6.75. The van der Waals surface area contributed by atoms with E-state index in [0.717, 1.165) is 20.9 Å². The molecule has 0 aromatic heterocycles. The second-order valence-electron chi connectivity index (χ2n) is 4.92. The molecule has 0 bridgehead atoms. The first-order chi connectivity index (χ1) is 9.51. The van der Waals surface area contributed by atoms with Crippen LogP contribution < -0.4 is 0 Å². The van der Waals surface area contributed by atoms with Crippen molar-refractivity contribution in [3.8, 4) is 0 Å². The highest BCUT2D eigenvalue weighted by molar-refractivity contribution is 9.11. The van der Waals surface area contributed by atoms with Crippen LogP contribution in [0.1, 0.15) is 47.7 Å². The molecular weight excluding hydrogens is 380 g/mol. The summed E-state index contributed by atoms with van der Waals surface area (Å²) in [6.07, 6.45) is 1.10. The van der Waals surface area contributed by atoms with Gasteiger partial charge in [-0.1, -0.05) is 70.0 Å². The van der Waals surface area contributed by atoms with Gasteiger partial charge in [0.25, 0.3) is 0 Å². The maximum absolute atomic E-state index is 12.5. The Hall–Kier alpha value is -0.930. The lowest BCUT2D eigenvalue weighted by Crippen LogP contribution is -2.02. The molecule has 104 valence electrons. The van der Waals surface area contributed by atoms with Gasteiger partial charge in [0.05, 0.1) is 0 Å². The third-order valence-electron chi connectivity index (χ3n) is 3.48. The van der Waals surface area contributed by atoms with Crippen LogP contribution >= 0.6 is 31.9 Å². The Bertz CT molecular complexity index is 597. The lowest BCUT2D eigenvalue weighted by molar-refractivity contribution is 0.103. The number of halogens is 2. The molecule has 2 aromatic carbocycles. The van der Waals surface area contributed by atoms with E-state index in [4.69, 9.17) is 0 Å². The fourth-order valence-electron chi connectivity index (χ4n) is 2.05. The van der Waals surface area contributed by atoms with Gasteiger partial charge in [0, 0.05) is 20.1 Å². The number of hydrogen-bond acceptors (Lipinski definition) is 1. The Morgan fingerprint density at radius 2 is 1.55 bits per heavy atom. The van der Waals surface area contributed by atoms with Crippen molar-refractivity contribution in [2.45, 2.75) is 26.2 Å². The van der Waals surface area contributed by atoms with Crippen LogP contribution in [0.3, 0.4) is 0 Å². The van der Waals surface area contributed by atoms with Crippen LogP contribution in [-0.4, -0.2) is 5.78 Å². The molecule has 3 heteroatoms. The zero-order valence-electron chi connectivity index (χ0n) is 11.5. The lowest BCUT2D eigenvalue weighted by atomic mass is 9.95. The second kappa shape index (κ2) is 6.68. The third-order valence-corrected chi connectivity index (χ3v) is 4.39. The lowest BCUT2D eigenvalue weighted by Gasteiger charge is -2.09. The van der Waals surface area contributed by atoms with E-state index in [9.17, 15) is 4.79 Å². The number of ketones is 1. The first kappa shape index (κ1) is 15.5. The highest BCUT2D eigenvalue weighted by Gasteiger charge is 2.11. The monoisotopic (exact) mass is 394 g/mol. The van der Waals surface area contributed by atoms with Crippen molar-refractivity contribution in [3.63, 3.8) is 0 Å².